The molecule has 0 aliphatic carbocycles. The van der Waals surface area contributed by atoms with Gasteiger partial charge >= 0.3 is 0 Å². The van der Waals surface area contributed by atoms with Crippen LogP contribution in [0.3, 0.4) is 0 Å². The summed E-state index contributed by atoms with van der Waals surface area (Å²) in [4.78, 5) is 14.6. The lowest BCUT2D eigenvalue weighted by Crippen LogP contribution is -2.32. The molecule has 1 aromatic carbocycles. The third-order valence-corrected chi connectivity index (χ3v) is 3.83. The van der Waals surface area contributed by atoms with Gasteiger partial charge in [0.15, 0.2) is 11.5 Å². The molecule has 0 aromatic heterocycles. The Hall–Kier alpha value is -1.91. The predicted molar refractivity (Wildman–Crippen MR) is 80.5 cm³/mol. The van der Waals surface area contributed by atoms with E-state index < -0.39 is 0 Å². The van der Waals surface area contributed by atoms with E-state index in [1.807, 2.05) is 4.90 Å². The summed E-state index contributed by atoms with van der Waals surface area (Å²) in [6.45, 7) is 1.60. The van der Waals surface area contributed by atoms with Crippen LogP contribution >= 0.6 is 0 Å². The molecule has 0 bridgehead atoms. The number of methoxy groups -OCH3 is 3. The Morgan fingerprint density at radius 2 is 1.38 bits per heavy atom. The number of likely N-dealkylation sites (tertiary alicyclic amines) is 1. The summed E-state index contributed by atoms with van der Waals surface area (Å²) in [5.74, 6) is 1.61. The van der Waals surface area contributed by atoms with E-state index in [1.165, 1.54) is 12.8 Å². The van der Waals surface area contributed by atoms with Crippen LogP contribution in [0.25, 0.3) is 0 Å². The zero-order valence-electron chi connectivity index (χ0n) is 13.0. The van der Waals surface area contributed by atoms with Crippen LogP contribution in [0.1, 0.15) is 36.0 Å². The Labute approximate surface area is 125 Å². The molecule has 0 radical (unpaired) electrons. The van der Waals surface area contributed by atoms with Gasteiger partial charge in [-0.1, -0.05) is 12.8 Å². The van der Waals surface area contributed by atoms with Gasteiger partial charge in [-0.15, -0.1) is 0 Å². The average molecular weight is 293 g/mol. The van der Waals surface area contributed by atoms with Gasteiger partial charge in [-0.25, -0.2) is 0 Å². The number of amides is 1. The molecule has 1 saturated heterocycles. The highest BCUT2D eigenvalue weighted by atomic mass is 16.5. The first-order valence-electron chi connectivity index (χ1n) is 7.30. The lowest BCUT2D eigenvalue weighted by molar-refractivity contribution is 0.0757. The van der Waals surface area contributed by atoms with Crippen LogP contribution in [0, 0.1) is 0 Å². The first-order valence-corrected chi connectivity index (χ1v) is 7.30. The standard InChI is InChI=1S/C16H23NO4/c1-19-13-11-15(21-3)14(20-2)10-12(13)16(18)17-8-6-4-5-7-9-17/h10-11H,4-9H2,1-3H3. The minimum absolute atomic E-state index is 0.00490. The summed E-state index contributed by atoms with van der Waals surface area (Å²) < 4.78 is 15.9. The first kappa shape index (κ1) is 15.5. The number of rotatable bonds is 4. The lowest BCUT2D eigenvalue weighted by Gasteiger charge is -2.22. The van der Waals surface area contributed by atoms with E-state index in [2.05, 4.69) is 0 Å². The van der Waals surface area contributed by atoms with Crippen molar-refractivity contribution in [2.75, 3.05) is 34.4 Å². The topological polar surface area (TPSA) is 48.0 Å². The average Bonchev–Trinajstić information content (AvgIpc) is 2.82. The molecule has 5 nitrogen and oxygen atoms in total. The van der Waals surface area contributed by atoms with Crippen molar-refractivity contribution in [1.82, 2.24) is 4.90 Å². The summed E-state index contributed by atoms with van der Waals surface area (Å²) in [5, 5.41) is 0. The molecule has 1 fully saturated rings. The van der Waals surface area contributed by atoms with E-state index in [4.69, 9.17) is 14.2 Å². The van der Waals surface area contributed by atoms with Gasteiger partial charge in [-0.05, 0) is 12.8 Å². The molecule has 1 heterocycles. The molecule has 1 aromatic rings. The lowest BCUT2D eigenvalue weighted by atomic mass is 10.1. The van der Waals surface area contributed by atoms with Crippen molar-refractivity contribution in [3.05, 3.63) is 17.7 Å². The van der Waals surface area contributed by atoms with Crippen molar-refractivity contribution >= 4 is 5.91 Å². The largest absolute Gasteiger partial charge is 0.496 e. The third kappa shape index (κ3) is 3.40. The Bertz CT molecular complexity index is 493. The Kier molecular flexibility index (Phi) is 5.31. The van der Waals surface area contributed by atoms with Crippen molar-refractivity contribution in [2.24, 2.45) is 0 Å². The molecule has 1 aliphatic heterocycles. The molecule has 0 unspecified atom stereocenters. The molecule has 21 heavy (non-hydrogen) atoms. The van der Waals surface area contributed by atoms with Crippen LogP contribution in [0.5, 0.6) is 17.2 Å². The van der Waals surface area contributed by atoms with E-state index in [0.717, 1.165) is 25.9 Å². The molecule has 5 heteroatoms. The molecular formula is C16H23NO4. The van der Waals surface area contributed by atoms with Gasteiger partial charge in [-0.2, -0.15) is 0 Å². The zero-order valence-corrected chi connectivity index (χ0v) is 13.0. The molecule has 0 spiro atoms. The highest BCUT2D eigenvalue weighted by molar-refractivity contribution is 5.97. The SMILES string of the molecule is COc1cc(OC)c(C(=O)N2CCCCCC2)cc1OC. The van der Waals surface area contributed by atoms with E-state index in [1.54, 1.807) is 33.5 Å². The second kappa shape index (κ2) is 7.20. The number of ether oxygens (including phenoxy) is 3. The van der Waals surface area contributed by atoms with E-state index in [0.29, 0.717) is 22.8 Å². The van der Waals surface area contributed by atoms with Gasteiger partial charge in [0.05, 0.1) is 26.9 Å². The maximum Gasteiger partial charge on any atom is 0.257 e. The van der Waals surface area contributed by atoms with E-state index in [9.17, 15) is 4.79 Å². The molecule has 0 atom stereocenters. The molecular weight excluding hydrogens is 270 g/mol. The Morgan fingerprint density at radius 3 is 1.90 bits per heavy atom. The van der Waals surface area contributed by atoms with Gasteiger partial charge in [0.1, 0.15) is 5.75 Å². The van der Waals surface area contributed by atoms with Gasteiger partial charge < -0.3 is 19.1 Å². The van der Waals surface area contributed by atoms with Gasteiger partial charge in [0.2, 0.25) is 0 Å². The van der Waals surface area contributed by atoms with Crippen molar-refractivity contribution < 1.29 is 19.0 Å². The fourth-order valence-electron chi connectivity index (χ4n) is 2.64. The van der Waals surface area contributed by atoms with E-state index >= 15 is 0 Å². The van der Waals surface area contributed by atoms with Crippen LogP contribution in [-0.4, -0.2) is 45.2 Å². The first-order chi connectivity index (χ1) is 10.2. The molecule has 2 rings (SSSR count). The van der Waals surface area contributed by atoms with Crippen LogP contribution in [0.15, 0.2) is 12.1 Å². The van der Waals surface area contributed by atoms with Crippen molar-refractivity contribution in [2.45, 2.75) is 25.7 Å². The van der Waals surface area contributed by atoms with Gasteiger partial charge in [-0.3, -0.25) is 4.79 Å². The second-order valence-corrected chi connectivity index (χ2v) is 5.11. The van der Waals surface area contributed by atoms with E-state index in [-0.39, 0.29) is 5.91 Å². The molecule has 0 saturated carbocycles. The van der Waals surface area contributed by atoms with Crippen LogP contribution in [0.4, 0.5) is 0 Å². The molecule has 116 valence electrons. The van der Waals surface area contributed by atoms with Crippen molar-refractivity contribution in [3.8, 4) is 17.2 Å². The normalized spacial score (nSPS) is 15.3. The minimum Gasteiger partial charge on any atom is -0.496 e. The maximum absolute atomic E-state index is 12.7. The summed E-state index contributed by atoms with van der Waals surface area (Å²) in [6, 6.07) is 3.40. The quantitative estimate of drug-likeness (QED) is 0.856. The number of hydrogen-bond donors (Lipinski definition) is 0. The fourth-order valence-corrected chi connectivity index (χ4v) is 2.64. The van der Waals surface area contributed by atoms with Gasteiger partial charge in [0.25, 0.3) is 5.91 Å². The Morgan fingerprint density at radius 1 is 0.857 bits per heavy atom. The zero-order chi connectivity index (χ0) is 15.2. The summed E-state index contributed by atoms with van der Waals surface area (Å²) in [6.07, 6.45) is 4.49. The minimum atomic E-state index is -0.00490. The molecule has 0 N–H and O–H groups in total. The number of benzene rings is 1. The number of carbonyl (C=O) groups is 1. The van der Waals surface area contributed by atoms with Crippen molar-refractivity contribution in [1.29, 1.82) is 0 Å². The highest BCUT2D eigenvalue weighted by Crippen LogP contribution is 2.35. The number of carbonyl (C=O) groups excluding carboxylic acids is 1. The molecule has 1 aliphatic rings. The number of hydrogen-bond acceptors (Lipinski definition) is 4. The summed E-state index contributed by atoms with van der Waals surface area (Å²) >= 11 is 0. The number of nitrogens with zero attached hydrogens (tertiary/aromatic N) is 1. The van der Waals surface area contributed by atoms with Crippen LogP contribution in [-0.2, 0) is 0 Å². The highest BCUT2D eigenvalue weighted by Gasteiger charge is 2.23. The third-order valence-electron chi connectivity index (χ3n) is 3.83. The van der Waals surface area contributed by atoms with Crippen LogP contribution < -0.4 is 14.2 Å². The van der Waals surface area contributed by atoms with Crippen molar-refractivity contribution in [3.63, 3.8) is 0 Å². The monoisotopic (exact) mass is 293 g/mol. The van der Waals surface area contributed by atoms with Crippen LogP contribution in [0.2, 0.25) is 0 Å². The van der Waals surface area contributed by atoms with Gasteiger partial charge in [0, 0.05) is 25.2 Å². The second-order valence-electron chi connectivity index (χ2n) is 5.11. The Balaban J connectivity index is 2.34. The molecule has 1 amide bonds. The fraction of sp³-hybridized carbons (Fsp3) is 0.562. The maximum atomic E-state index is 12.7. The summed E-state index contributed by atoms with van der Waals surface area (Å²) in [7, 11) is 4.68. The predicted octanol–water partition coefficient (Wildman–Crippen LogP) is 2.73. The summed E-state index contributed by atoms with van der Waals surface area (Å²) in [5.41, 5.74) is 0.525. The smallest absolute Gasteiger partial charge is 0.257 e.